The Hall–Kier alpha value is -3.09. The maximum absolute atomic E-state index is 13.2. The minimum Gasteiger partial charge on any atom is -0.486 e. The normalized spacial score (nSPS) is 20.3. The van der Waals surface area contributed by atoms with Gasteiger partial charge >= 0.3 is 0 Å². The number of likely N-dealkylation sites (tertiary alicyclic amines) is 1. The molecule has 2 unspecified atom stereocenters. The average Bonchev–Trinajstić information content (AvgIpc) is 2.82. The summed E-state index contributed by atoms with van der Waals surface area (Å²) in [6.45, 7) is 4.30. The first-order valence-electron chi connectivity index (χ1n) is 10.8. The number of carbonyl (C=O) groups excluding carboxylic acids is 2. The Kier molecular flexibility index (Phi) is 6.39. The van der Waals surface area contributed by atoms with Crippen molar-refractivity contribution in [3.05, 3.63) is 59.9 Å². The van der Waals surface area contributed by atoms with Crippen LogP contribution >= 0.6 is 0 Å². The highest BCUT2D eigenvalue weighted by atomic mass is 19.1. The molecule has 2 amide bonds. The van der Waals surface area contributed by atoms with Crippen molar-refractivity contribution in [2.45, 2.75) is 25.9 Å². The number of piperidine rings is 1. The van der Waals surface area contributed by atoms with Crippen molar-refractivity contribution < 1.29 is 23.5 Å². The zero-order chi connectivity index (χ0) is 21.8. The molecule has 1 fully saturated rings. The summed E-state index contributed by atoms with van der Waals surface area (Å²) in [6, 6.07) is 13.0. The molecular weight excluding hydrogens is 399 g/mol. The highest BCUT2D eigenvalue weighted by Crippen LogP contribution is 2.31. The third kappa shape index (κ3) is 4.81. The van der Waals surface area contributed by atoms with E-state index in [4.69, 9.17) is 9.47 Å². The molecule has 1 saturated heterocycles. The molecule has 164 valence electrons. The molecule has 2 aromatic rings. The molecule has 2 aliphatic rings. The summed E-state index contributed by atoms with van der Waals surface area (Å²) in [5.41, 5.74) is 0.438. The number of hydrogen-bond acceptors (Lipinski definition) is 4. The molecule has 4 rings (SSSR count). The first-order chi connectivity index (χ1) is 15.0. The van der Waals surface area contributed by atoms with E-state index >= 15 is 0 Å². The van der Waals surface area contributed by atoms with Gasteiger partial charge in [-0.05, 0) is 56.2 Å². The number of likely N-dealkylation sites (N-methyl/N-ethyl adjacent to an activating group) is 1. The monoisotopic (exact) mass is 426 g/mol. The van der Waals surface area contributed by atoms with E-state index in [1.165, 1.54) is 24.3 Å². The van der Waals surface area contributed by atoms with Gasteiger partial charge in [-0.15, -0.1) is 0 Å². The number of carbonyl (C=O) groups is 2. The van der Waals surface area contributed by atoms with Crippen LogP contribution in [0.3, 0.4) is 0 Å². The van der Waals surface area contributed by atoms with Gasteiger partial charge in [-0.3, -0.25) is 9.59 Å². The lowest BCUT2D eigenvalue weighted by atomic mass is 9.95. The molecule has 7 heteroatoms. The Bertz CT molecular complexity index is 933. The quantitative estimate of drug-likeness (QED) is 0.736. The molecule has 2 aliphatic heterocycles. The van der Waals surface area contributed by atoms with Gasteiger partial charge in [-0.25, -0.2) is 4.39 Å². The number of nitrogens with zero attached hydrogens (tertiary/aromatic N) is 2. The van der Waals surface area contributed by atoms with E-state index in [-0.39, 0.29) is 29.7 Å². The molecular formula is C24H27FN2O4. The van der Waals surface area contributed by atoms with Crippen molar-refractivity contribution in [1.29, 1.82) is 0 Å². The fourth-order valence-corrected chi connectivity index (χ4v) is 4.17. The molecule has 6 nitrogen and oxygen atoms in total. The second-order valence-corrected chi connectivity index (χ2v) is 7.97. The molecule has 0 radical (unpaired) electrons. The van der Waals surface area contributed by atoms with Crippen molar-refractivity contribution in [3.63, 3.8) is 0 Å². The summed E-state index contributed by atoms with van der Waals surface area (Å²) < 4.78 is 25.0. The summed E-state index contributed by atoms with van der Waals surface area (Å²) in [6.07, 6.45) is 1.27. The third-order valence-corrected chi connectivity index (χ3v) is 5.83. The van der Waals surface area contributed by atoms with Crippen molar-refractivity contribution in [2.24, 2.45) is 5.92 Å². The Morgan fingerprint density at radius 2 is 1.87 bits per heavy atom. The molecule has 0 aliphatic carbocycles. The van der Waals surface area contributed by atoms with Crippen LogP contribution < -0.4 is 9.47 Å². The van der Waals surface area contributed by atoms with Gasteiger partial charge in [0.2, 0.25) is 5.91 Å². The topological polar surface area (TPSA) is 59.1 Å². The van der Waals surface area contributed by atoms with Crippen LogP contribution in [-0.4, -0.2) is 60.5 Å². The average molecular weight is 426 g/mol. The van der Waals surface area contributed by atoms with Crippen LogP contribution in [0, 0.1) is 11.7 Å². The van der Waals surface area contributed by atoms with Crippen molar-refractivity contribution in [1.82, 2.24) is 9.80 Å². The van der Waals surface area contributed by atoms with Gasteiger partial charge < -0.3 is 19.3 Å². The maximum atomic E-state index is 13.2. The fraction of sp³-hybridized carbons (Fsp3) is 0.417. The van der Waals surface area contributed by atoms with Crippen LogP contribution in [0.5, 0.6) is 11.5 Å². The number of rotatable bonds is 5. The van der Waals surface area contributed by atoms with E-state index in [2.05, 4.69) is 0 Å². The van der Waals surface area contributed by atoms with Crippen molar-refractivity contribution >= 4 is 11.8 Å². The molecule has 0 saturated carbocycles. The number of hydrogen-bond donors (Lipinski definition) is 0. The van der Waals surface area contributed by atoms with Crippen LogP contribution in [0.25, 0.3) is 0 Å². The van der Waals surface area contributed by atoms with Crippen LogP contribution in [-0.2, 0) is 4.79 Å². The van der Waals surface area contributed by atoms with E-state index in [1.54, 1.807) is 9.80 Å². The zero-order valence-corrected chi connectivity index (χ0v) is 17.6. The number of ether oxygens (including phenoxy) is 2. The van der Waals surface area contributed by atoms with Gasteiger partial charge in [0.05, 0.1) is 12.5 Å². The summed E-state index contributed by atoms with van der Waals surface area (Å²) in [5, 5.41) is 0. The van der Waals surface area contributed by atoms with Crippen LogP contribution in [0.1, 0.15) is 30.1 Å². The third-order valence-electron chi connectivity index (χ3n) is 5.83. The first kappa shape index (κ1) is 21.2. The first-order valence-corrected chi connectivity index (χ1v) is 10.8. The standard InChI is InChI=1S/C24H27FN2O4/c1-2-26(15-20-16-30-21-7-3-4-8-22(21)31-20)24(29)18-6-5-13-27(14-18)23(28)17-9-11-19(25)12-10-17/h3-4,7-12,18,20H,2,5-6,13-16H2,1H3. The highest BCUT2D eigenvalue weighted by molar-refractivity contribution is 5.94. The van der Waals surface area contributed by atoms with Crippen molar-refractivity contribution in [2.75, 3.05) is 32.8 Å². The summed E-state index contributed by atoms with van der Waals surface area (Å²) in [4.78, 5) is 29.5. The summed E-state index contributed by atoms with van der Waals surface area (Å²) in [5.74, 6) is 0.641. The van der Waals surface area contributed by atoms with E-state index in [0.29, 0.717) is 44.1 Å². The van der Waals surface area contributed by atoms with Gasteiger partial charge in [0.1, 0.15) is 12.4 Å². The van der Waals surface area contributed by atoms with Crippen LogP contribution in [0.4, 0.5) is 4.39 Å². The van der Waals surface area contributed by atoms with Gasteiger partial charge in [0, 0.05) is 25.2 Å². The lowest BCUT2D eigenvalue weighted by Crippen LogP contribution is -2.50. The molecule has 0 bridgehead atoms. The summed E-state index contributed by atoms with van der Waals surface area (Å²) in [7, 11) is 0. The predicted octanol–water partition coefficient (Wildman–Crippen LogP) is 3.37. The lowest BCUT2D eigenvalue weighted by Gasteiger charge is -2.36. The molecule has 31 heavy (non-hydrogen) atoms. The SMILES string of the molecule is CCN(CC1COc2ccccc2O1)C(=O)C1CCCN(C(=O)c2ccc(F)cc2)C1. The molecule has 0 spiro atoms. The van der Waals surface area contributed by atoms with Gasteiger partial charge in [0.25, 0.3) is 5.91 Å². The Morgan fingerprint density at radius 3 is 2.61 bits per heavy atom. The van der Waals surface area contributed by atoms with E-state index in [9.17, 15) is 14.0 Å². The van der Waals surface area contributed by atoms with Gasteiger partial charge in [-0.2, -0.15) is 0 Å². The Labute approximate surface area is 181 Å². The number of para-hydroxylation sites is 2. The largest absolute Gasteiger partial charge is 0.486 e. The lowest BCUT2D eigenvalue weighted by molar-refractivity contribution is -0.138. The van der Waals surface area contributed by atoms with Gasteiger partial charge in [-0.1, -0.05) is 12.1 Å². The number of halogens is 1. The van der Waals surface area contributed by atoms with Crippen molar-refractivity contribution in [3.8, 4) is 11.5 Å². The smallest absolute Gasteiger partial charge is 0.253 e. The van der Waals surface area contributed by atoms with E-state index in [0.717, 1.165) is 18.6 Å². The second kappa shape index (κ2) is 9.37. The minimum absolute atomic E-state index is 0.0292. The molecule has 2 aromatic carbocycles. The number of amides is 2. The highest BCUT2D eigenvalue weighted by Gasteiger charge is 2.33. The zero-order valence-electron chi connectivity index (χ0n) is 17.6. The molecule has 0 aromatic heterocycles. The minimum atomic E-state index is -0.377. The second-order valence-electron chi connectivity index (χ2n) is 7.97. The Balaban J connectivity index is 1.38. The fourth-order valence-electron chi connectivity index (χ4n) is 4.17. The molecule has 2 heterocycles. The predicted molar refractivity (Wildman–Crippen MR) is 114 cm³/mol. The molecule has 2 atom stereocenters. The van der Waals surface area contributed by atoms with E-state index < -0.39 is 0 Å². The maximum Gasteiger partial charge on any atom is 0.253 e. The summed E-state index contributed by atoms with van der Waals surface area (Å²) >= 11 is 0. The number of fused-ring (bicyclic) bond motifs is 1. The Morgan fingerprint density at radius 1 is 1.13 bits per heavy atom. The number of benzene rings is 2. The van der Waals surface area contributed by atoms with E-state index in [1.807, 2.05) is 31.2 Å². The van der Waals surface area contributed by atoms with Gasteiger partial charge in [0.15, 0.2) is 17.6 Å². The van der Waals surface area contributed by atoms with Crippen LogP contribution in [0.2, 0.25) is 0 Å². The molecule has 0 N–H and O–H groups in total. The van der Waals surface area contributed by atoms with Crippen LogP contribution in [0.15, 0.2) is 48.5 Å².